The summed E-state index contributed by atoms with van der Waals surface area (Å²) in [5.74, 6) is 0.764. The lowest BCUT2D eigenvalue weighted by Gasteiger charge is -2.11. The minimum absolute atomic E-state index is 0.0353. The molecule has 2 heterocycles. The first kappa shape index (κ1) is 20.0. The zero-order valence-corrected chi connectivity index (χ0v) is 18.1. The van der Waals surface area contributed by atoms with Gasteiger partial charge in [-0.25, -0.2) is 18.4 Å². The molecule has 3 aromatic carbocycles. The maximum absolute atomic E-state index is 13.6. The van der Waals surface area contributed by atoms with E-state index < -0.39 is 9.84 Å². The van der Waals surface area contributed by atoms with E-state index in [1.807, 2.05) is 42.5 Å². The van der Waals surface area contributed by atoms with Gasteiger partial charge in [0.05, 0.1) is 29.6 Å². The third-order valence-electron chi connectivity index (χ3n) is 5.39. The Bertz CT molecular complexity index is 1560. The van der Waals surface area contributed by atoms with Crippen LogP contribution in [-0.2, 0) is 16.4 Å². The first-order chi connectivity index (χ1) is 15.5. The molecule has 5 rings (SSSR count). The minimum Gasteiger partial charge on any atom is -0.496 e. The van der Waals surface area contributed by atoms with Gasteiger partial charge in [-0.2, -0.15) is 0 Å². The van der Waals surface area contributed by atoms with Crippen molar-refractivity contribution in [3.8, 4) is 5.75 Å². The van der Waals surface area contributed by atoms with E-state index in [-0.39, 0.29) is 27.7 Å². The van der Waals surface area contributed by atoms with Crippen molar-refractivity contribution in [2.45, 2.75) is 16.3 Å². The van der Waals surface area contributed by atoms with E-state index in [4.69, 9.17) is 15.5 Å². The lowest BCUT2D eigenvalue weighted by molar-refractivity contribution is 0.408. The van der Waals surface area contributed by atoms with Crippen molar-refractivity contribution in [1.29, 1.82) is 0 Å². The number of nitrogens with zero attached hydrogens (tertiary/aromatic N) is 3. The number of hydrogen-bond donors (Lipinski definition) is 1. The Morgan fingerprint density at radius 3 is 2.22 bits per heavy atom. The van der Waals surface area contributed by atoms with Crippen LogP contribution in [0, 0.1) is 0 Å². The lowest BCUT2D eigenvalue weighted by Crippen LogP contribution is -2.09. The van der Waals surface area contributed by atoms with Crippen molar-refractivity contribution in [3.63, 3.8) is 0 Å². The fraction of sp³-hybridized carbons (Fsp3) is 0.0833. The first-order valence-electron chi connectivity index (χ1n) is 9.97. The van der Waals surface area contributed by atoms with Gasteiger partial charge in [0.15, 0.2) is 5.65 Å². The Balaban J connectivity index is 1.83. The Kier molecular flexibility index (Phi) is 4.79. The minimum atomic E-state index is -3.93. The van der Waals surface area contributed by atoms with E-state index in [0.717, 1.165) is 5.56 Å². The van der Waals surface area contributed by atoms with Crippen molar-refractivity contribution in [1.82, 2.24) is 14.5 Å². The Hall–Kier alpha value is -3.91. The SMILES string of the molecule is COc1ccccc1Cn1c(N)c(S(=O)(=O)c2ccccc2)c2nc3ccccc3nc21. The summed E-state index contributed by atoms with van der Waals surface area (Å²) in [4.78, 5) is 9.51. The van der Waals surface area contributed by atoms with Crippen LogP contribution in [0.1, 0.15) is 5.56 Å². The number of anilines is 1. The Morgan fingerprint density at radius 1 is 0.875 bits per heavy atom. The molecule has 0 amide bonds. The standard InChI is InChI=1S/C24H20N4O3S/c1-31-20-14-8-5-9-16(20)15-28-23(25)22(32(29,30)17-10-3-2-4-11-17)21-24(28)27-19-13-7-6-12-18(19)26-21/h2-14H,15,25H2,1H3. The highest BCUT2D eigenvalue weighted by atomic mass is 32.2. The lowest BCUT2D eigenvalue weighted by atomic mass is 10.2. The molecule has 5 aromatic rings. The molecule has 32 heavy (non-hydrogen) atoms. The monoisotopic (exact) mass is 444 g/mol. The van der Waals surface area contributed by atoms with Crippen molar-refractivity contribution >= 4 is 37.9 Å². The van der Waals surface area contributed by atoms with E-state index >= 15 is 0 Å². The van der Waals surface area contributed by atoms with Gasteiger partial charge in [0.1, 0.15) is 22.0 Å². The quantitative estimate of drug-likeness (QED) is 0.439. The summed E-state index contributed by atoms with van der Waals surface area (Å²) in [7, 11) is -2.34. The smallest absolute Gasteiger partial charge is 0.212 e. The van der Waals surface area contributed by atoms with Crippen molar-refractivity contribution in [3.05, 3.63) is 84.4 Å². The highest BCUT2D eigenvalue weighted by Gasteiger charge is 2.30. The van der Waals surface area contributed by atoms with E-state index in [2.05, 4.69) is 4.98 Å². The van der Waals surface area contributed by atoms with Gasteiger partial charge in [-0.15, -0.1) is 0 Å². The van der Waals surface area contributed by atoms with Crippen molar-refractivity contribution in [2.75, 3.05) is 12.8 Å². The molecule has 0 fully saturated rings. The molecule has 2 N–H and O–H groups in total. The molecular weight excluding hydrogens is 424 g/mol. The van der Waals surface area contributed by atoms with Crippen molar-refractivity contribution < 1.29 is 13.2 Å². The van der Waals surface area contributed by atoms with Crippen LogP contribution in [0.5, 0.6) is 5.75 Å². The summed E-state index contributed by atoms with van der Waals surface area (Å²) in [6.07, 6.45) is 0. The number of sulfone groups is 1. The first-order valence-corrected chi connectivity index (χ1v) is 11.5. The molecular formula is C24H20N4O3S. The average molecular weight is 445 g/mol. The summed E-state index contributed by atoms with van der Waals surface area (Å²) in [5.41, 5.74) is 9.25. The van der Waals surface area contributed by atoms with Gasteiger partial charge in [-0.1, -0.05) is 48.5 Å². The predicted molar refractivity (Wildman–Crippen MR) is 123 cm³/mol. The highest BCUT2D eigenvalue weighted by Crippen LogP contribution is 2.36. The highest BCUT2D eigenvalue weighted by molar-refractivity contribution is 7.92. The third kappa shape index (κ3) is 3.16. The maximum Gasteiger partial charge on any atom is 0.212 e. The molecule has 0 unspecified atom stereocenters. The number of hydrogen-bond acceptors (Lipinski definition) is 6. The van der Waals surface area contributed by atoms with Gasteiger partial charge >= 0.3 is 0 Å². The van der Waals surface area contributed by atoms with Gasteiger partial charge < -0.3 is 15.0 Å². The van der Waals surface area contributed by atoms with E-state index in [1.54, 1.807) is 48.1 Å². The number of nitrogens with two attached hydrogens (primary N) is 1. The molecule has 8 heteroatoms. The van der Waals surface area contributed by atoms with Crippen LogP contribution in [0.2, 0.25) is 0 Å². The van der Waals surface area contributed by atoms with Crippen molar-refractivity contribution in [2.24, 2.45) is 0 Å². The van der Waals surface area contributed by atoms with Crippen LogP contribution in [0.3, 0.4) is 0 Å². The van der Waals surface area contributed by atoms with Gasteiger partial charge in [0.2, 0.25) is 9.84 Å². The fourth-order valence-corrected chi connectivity index (χ4v) is 5.36. The van der Waals surface area contributed by atoms with E-state index in [1.165, 1.54) is 0 Å². The van der Waals surface area contributed by atoms with Crippen LogP contribution in [0.25, 0.3) is 22.2 Å². The summed E-state index contributed by atoms with van der Waals surface area (Å²) in [6, 6.07) is 23.1. The van der Waals surface area contributed by atoms with Crippen LogP contribution in [0.15, 0.2) is 88.7 Å². The molecule has 0 bridgehead atoms. The molecule has 7 nitrogen and oxygen atoms in total. The molecule has 0 aliphatic carbocycles. The fourth-order valence-electron chi connectivity index (χ4n) is 3.84. The number of rotatable bonds is 5. The molecule has 0 aliphatic rings. The van der Waals surface area contributed by atoms with Crippen LogP contribution in [-0.4, -0.2) is 30.1 Å². The predicted octanol–water partition coefficient (Wildman–Crippen LogP) is 4.06. The third-order valence-corrected chi connectivity index (χ3v) is 7.22. The number of nitrogen functional groups attached to an aromatic ring is 1. The van der Waals surface area contributed by atoms with Gasteiger partial charge in [0, 0.05) is 5.56 Å². The van der Waals surface area contributed by atoms with E-state index in [9.17, 15) is 8.42 Å². The molecule has 0 saturated carbocycles. The second-order valence-electron chi connectivity index (χ2n) is 7.31. The number of aromatic nitrogens is 3. The van der Waals surface area contributed by atoms with E-state index in [0.29, 0.717) is 22.4 Å². The van der Waals surface area contributed by atoms with Crippen LogP contribution >= 0.6 is 0 Å². The second kappa shape index (κ2) is 7.65. The van der Waals surface area contributed by atoms with Gasteiger partial charge in [0.25, 0.3) is 0 Å². The summed E-state index contributed by atoms with van der Waals surface area (Å²) >= 11 is 0. The molecule has 160 valence electrons. The zero-order chi connectivity index (χ0) is 22.3. The Morgan fingerprint density at radius 2 is 1.50 bits per heavy atom. The number of fused-ring (bicyclic) bond motifs is 2. The largest absolute Gasteiger partial charge is 0.496 e. The molecule has 2 aromatic heterocycles. The second-order valence-corrected chi connectivity index (χ2v) is 9.20. The number of para-hydroxylation sites is 3. The van der Waals surface area contributed by atoms with Gasteiger partial charge in [-0.05, 0) is 30.3 Å². The molecule has 0 atom stereocenters. The number of methoxy groups -OCH3 is 1. The molecule has 0 spiro atoms. The summed E-state index contributed by atoms with van der Waals surface area (Å²) in [6.45, 7) is 0.281. The maximum atomic E-state index is 13.6. The normalized spacial score (nSPS) is 11.8. The number of benzene rings is 3. The topological polar surface area (TPSA) is 100 Å². The summed E-state index contributed by atoms with van der Waals surface area (Å²) < 4.78 is 34.4. The zero-order valence-electron chi connectivity index (χ0n) is 17.3. The van der Waals surface area contributed by atoms with Gasteiger partial charge in [-0.3, -0.25) is 0 Å². The number of ether oxygens (including phenoxy) is 1. The van der Waals surface area contributed by atoms with Crippen LogP contribution < -0.4 is 10.5 Å². The molecule has 0 aliphatic heterocycles. The van der Waals surface area contributed by atoms with Crippen LogP contribution in [0.4, 0.5) is 5.82 Å². The Labute approximate surface area is 185 Å². The average Bonchev–Trinajstić information content (AvgIpc) is 3.09. The molecule has 0 saturated heterocycles. The summed E-state index contributed by atoms with van der Waals surface area (Å²) in [5, 5.41) is 0. The molecule has 0 radical (unpaired) electrons.